The van der Waals surface area contributed by atoms with Crippen molar-refractivity contribution in [3.8, 4) is 0 Å². The van der Waals surface area contributed by atoms with Crippen LogP contribution < -0.4 is 10.6 Å². The molecule has 0 heterocycles. The van der Waals surface area contributed by atoms with Crippen molar-refractivity contribution in [1.82, 2.24) is 5.32 Å². The topological polar surface area (TPSA) is 41.1 Å². The highest BCUT2D eigenvalue weighted by Gasteiger charge is 2.34. The number of anilines is 1. The van der Waals surface area contributed by atoms with E-state index in [1.54, 1.807) is 0 Å². The van der Waals surface area contributed by atoms with Gasteiger partial charge < -0.3 is 10.6 Å². The minimum absolute atomic E-state index is 0.00946. The molecule has 0 spiro atoms. The number of nitrogens with one attached hydrogen (secondary N) is 2. The minimum Gasteiger partial charge on any atom is -0.373 e. The summed E-state index contributed by atoms with van der Waals surface area (Å²) in [5.41, 5.74) is -1.06. The Morgan fingerprint density at radius 2 is 1.90 bits per heavy atom. The predicted octanol–water partition coefficient (Wildman–Crippen LogP) is 3.93. The van der Waals surface area contributed by atoms with E-state index < -0.39 is 17.8 Å². The predicted molar refractivity (Wildman–Crippen MR) is 77.4 cm³/mol. The van der Waals surface area contributed by atoms with Crippen LogP contribution in [0, 0.1) is 5.92 Å². The third-order valence-electron chi connectivity index (χ3n) is 2.74. The van der Waals surface area contributed by atoms with Crippen molar-refractivity contribution in [1.29, 1.82) is 0 Å². The van der Waals surface area contributed by atoms with Gasteiger partial charge in [-0.15, -0.1) is 0 Å². The van der Waals surface area contributed by atoms with Gasteiger partial charge in [0.05, 0.1) is 5.56 Å². The van der Waals surface area contributed by atoms with Crippen molar-refractivity contribution < 1.29 is 18.0 Å². The maximum absolute atomic E-state index is 12.9. The number of carbonyl (C=O) groups is 1. The molecule has 1 unspecified atom stereocenters. The van der Waals surface area contributed by atoms with Crippen LogP contribution in [0.1, 0.15) is 26.3 Å². The van der Waals surface area contributed by atoms with Crippen molar-refractivity contribution in [3.63, 3.8) is 0 Å². The number of amides is 1. The van der Waals surface area contributed by atoms with Crippen LogP contribution in [0.15, 0.2) is 18.2 Å². The maximum atomic E-state index is 12.9. The molecule has 2 N–H and O–H groups in total. The monoisotopic (exact) mass is 322 g/mol. The summed E-state index contributed by atoms with van der Waals surface area (Å²) in [7, 11) is 0. The van der Waals surface area contributed by atoms with Gasteiger partial charge in [-0.1, -0.05) is 25.4 Å². The van der Waals surface area contributed by atoms with E-state index in [1.807, 2.05) is 13.8 Å². The molecule has 1 atom stereocenters. The lowest BCUT2D eigenvalue weighted by Crippen LogP contribution is -2.39. The molecule has 0 aliphatic carbocycles. The lowest BCUT2D eigenvalue weighted by Gasteiger charge is -2.19. The Bertz CT molecular complexity index is 503. The highest BCUT2D eigenvalue weighted by Crippen LogP contribution is 2.36. The van der Waals surface area contributed by atoms with Crippen LogP contribution in [0.4, 0.5) is 18.9 Å². The fourth-order valence-corrected chi connectivity index (χ4v) is 1.81. The van der Waals surface area contributed by atoms with Gasteiger partial charge in [0.15, 0.2) is 0 Å². The third-order valence-corrected chi connectivity index (χ3v) is 2.97. The zero-order chi connectivity index (χ0) is 16.2. The van der Waals surface area contributed by atoms with Crippen molar-refractivity contribution >= 4 is 23.2 Å². The third kappa shape index (κ3) is 5.46. The Balaban J connectivity index is 2.85. The van der Waals surface area contributed by atoms with Gasteiger partial charge in [-0.05, 0) is 31.0 Å². The van der Waals surface area contributed by atoms with E-state index in [0.717, 1.165) is 6.07 Å². The molecule has 1 rings (SSSR count). The van der Waals surface area contributed by atoms with Crippen LogP contribution in [0.5, 0.6) is 0 Å². The first kappa shape index (κ1) is 17.6. The first-order valence-corrected chi connectivity index (χ1v) is 6.90. The summed E-state index contributed by atoms with van der Waals surface area (Å²) in [6, 6.07) is 2.61. The number of hydrogen-bond donors (Lipinski definition) is 2. The summed E-state index contributed by atoms with van der Waals surface area (Å²) >= 11 is 5.60. The Labute approximate surface area is 126 Å². The number of hydrogen-bond acceptors (Lipinski definition) is 2. The lowest BCUT2D eigenvalue weighted by atomic mass is 10.1. The second-order valence-electron chi connectivity index (χ2n) is 5.19. The molecular formula is C14H18ClF3N2O. The summed E-state index contributed by atoms with van der Waals surface area (Å²) < 4.78 is 38.8. The van der Waals surface area contributed by atoms with Gasteiger partial charge >= 0.3 is 6.18 Å². The average Bonchev–Trinajstić information content (AvgIpc) is 2.36. The van der Waals surface area contributed by atoms with E-state index in [9.17, 15) is 18.0 Å². The van der Waals surface area contributed by atoms with Crippen LogP contribution in [0.25, 0.3) is 0 Å². The average molecular weight is 323 g/mol. The summed E-state index contributed by atoms with van der Waals surface area (Å²) in [6.07, 6.45) is -4.54. The van der Waals surface area contributed by atoms with E-state index in [0.29, 0.717) is 6.54 Å². The van der Waals surface area contributed by atoms with Crippen molar-refractivity contribution in [2.45, 2.75) is 33.0 Å². The molecule has 1 aromatic carbocycles. The highest BCUT2D eigenvalue weighted by molar-refractivity contribution is 6.30. The Kier molecular flexibility index (Phi) is 5.89. The SMILES string of the molecule is CC(C)CNC(=O)C(C)Nc1ccc(Cl)cc1C(F)(F)F. The second-order valence-corrected chi connectivity index (χ2v) is 5.63. The number of halogens is 4. The molecule has 21 heavy (non-hydrogen) atoms. The first-order valence-electron chi connectivity index (χ1n) is 6.52. The van der Waals surface area contributed by atoms with E-state index in [1.165, 1.54) is 19.1 Å². The van der Waals surface area contributed by atoms with E-state index in [2.05, 4.69) is 10.6 Å². The van der Waals surface area contributed by atoms with E-state index in [-0.39, 0.29) is 22.5 Å². The Morgan fingerprint density at radius 1 is 1.29 bits per heavy atom. The summed E-state index contributed by atoms with van der Waals surface area (Å²) in [5.74, 6) is -0.0887. The van der Waals surface area contributed by atoms with Gasteiger partial charge in [-0.3, -0.25) is 4.79 Å². The number of carbonyl (C=O) groups excluding carboxylic acids is 1. The summed E-state index contributed by atoms with van der Waals surface area (Å²) in [5, 5.41) is 5.23. The van der Waals surface area contributed by atoms with Crippen LogP contribution in [-0.4, -0.2) is 18.5 Å². The van der Waals surface area contributed by atoms with Crippen LogP contribution in [0.3, 0.4) is 0 Å². The quantitative estimate of drug-likeness (QED) is 0.862. The molecular weight excluding hydrogens is 305 g/mol. The van der Waals surface area contributed by atoms with E-state index >= 15 is 0 Å². The molecule has 0 bridgehead atoms. The molecule has 0 aromatic heterocycles. The molecule has 0 fully saturated rings. The normalized spacial score (nSPS) is 13.1. The van der Waals surface area contributed by atoms with Crippen molar-refractivity contribution in [2.75, 3.05) is 11.9 Å². The Hall–Kier alpha value is -1.43. The molecule has 118 valence electrons. The number of alkyl halides is 3. The second kappa shape index (κ2) is 7.02. The van der Waals surface area contributed by atoms with Gasteiger partial charge in [-0.2, -0.15) is 13.2 Å². The van der Waals surface area contributed by atoms with E-state index in [4.69, 9.17) is 11.6 Å². The molecule has 0 aliphatic rings. The fraction of sp³-hybridized carbons (Fsp3) is 0.500. The molecule has 7 heteroatoms. The van der Waals surface area contributed by atoms with Gasteiger partial charge in [-0.25, -0.2) is 0 Å². The zero-order valence-corrected chi connectivity index (χ0v) is 12.8. The van der Waals surface area contributed by atoms with Gasteiger partial charge in [0.2, 0.25) is 5.91 Å². The summed E-state index contributed by atoms with van der Waals surface area (Å²) in [6.45, 7) is 5.83. The zero-order valence-electron chi connectivity index (χ0n) is 12.0. The molecule has 0 saturated heterocycles. The molecule has 1 aromatic rings. The van der Waals surface area contributed by atoms with Gasteiger partial charge in [0.25, 0.3) is 0 Å². The smallest absolute Gasteiger partial charge is 0.373 e. The van der Waals surface area contributed by atoms with Crippen LogP contribution in [0.2, 0.25) is 5.02 Å². The molecule has 0 aliphatic heterocycles. The standard InChI is InChI=1S/C14H18ClF3N2O/c1-8(2)7-19-13(21)9(3)20-12-5-4-10(15)6-11(12)14(16,17)18/h4-6,8-9,20H,7H2,1-3H3,(H,19,21). The summed E-state index contributed by atoms with van der Waals surface area (Å²) in [4.78, 5) is 11.8. The molecule has 3 nitrogen and oxygen atoms in total. The lowest BCUT2D eigenvalue weighted by molar-refractivity contribution is -0.137. The highest BCUT2D eigenvalue weighted by atomic mass is 35.5. The van der Waals surface area contributed by atoms with Gasteiger partial charge in [0.1, 0.15) is 6.04 Å². The van der Waals surface area contributed by atoms with Crippen LogP contribution in [-0.2, 0) is 11.0 Å². The van der Waals surface area contributed by atoms with Crippen LogP contribution >= 0.6 is 11.6 Å². The minimum atomic E-state index is -4.54. The van der Waals surface area contributed by atoms with Crippen molar-refractivity contribution in [3.05, 3.63) is 28.8 Å². The Morgan fingerprint density at radius 3 is 2.43 bits per heavy atom. The maximum Gasteiger partial charge on any atom is 0.418 e. The molecule has 1 amide bonds. The fourth-order valence-electron chi connectivity index (χ4n) is 1.63. The molecule has 0 radical (unpaired) electrons. The number of rotatable bonds is 5. The van der Waals surface area contributed by atoms with Crippen molar-refractivity contribution in [2.24, 2.45) is 5.92 Å². The molecule has 0 saturated carbocycles. The first-order chi connectivity index (χ1) is 9.61. The number of benzene rings is 1. The van der Waals surface area contributed by atoms with Gasteiger partial charge in [0, 0.05) is 17.3 Å². The largest absolute Gasteiger partial charge is 0.418 e.